The molecule has 2 saturated heterocycles. The summed E-state index contributed by atoms with van der Waals surface area (Å²) in [4.78, 5) is 26.2. The van der Waals surface area contributed by atoms with Crippen LogP contribution in [-0.4, -0.2) is 66.8 Å². The Kier molecular flexibility index (Phi) is 9.45. The van der Waals surface area contributed by atoms with Crippen molar-refractivity contribution in [1.82, 2.24) is 10.1 Å². The first-order valence-corrected chi connectivity index (χ1v) is 15.9. The van der Waals surface area contributed by atoms with Crippen LogP contribution in [0, 0.1) is 11.8 Å². The van der Waals surface area contributed by atoms with Gasteiger partial charge in [-0.1, -0.05) is 52.0 Å². The van der Waals surface area contributed by atoms with Crippen LogP contribution < -0.4 is 0 Å². The Hall–Kier alpha value is -2.78. The summed E-state index contributed by atoms with van der Waals surface area (Å²) in [7, 11) is 0. The topological polar surface area (TPSA) is 99.5 Å². The highest BCUT2D eigenvalue weighted by Gasteiger charge is 2.51. The lowest BCUT2D eigenvalue weighted by Gasteiger charge is -2.54. The molecule has 2 aromatic rings. The zero-order valence-corrected chi connectivity index (χ0v) is 28.2. The van der Waals surface area contributed by atoms with Gasteiger partial charge < -0.3 is 19.9 Å². The summed E-state index contributed by atoms with van der Waals surface area (Å²) in [6.07, 6.45) is 1.58. The first-order valence-electron chi connectivity index (χ1n) is 15.9. The number of esters is 2. The van der Waals surface area contributed by atoms with E-state index in [1.165, 1.54) is 10.1 Å². The van der Waals surface area contributed by atoms with E-state index in [9.17, 15) is 20.0 Å². The van der Waals surface area contributed by atoms with Gasteiger partial charge in [-0.15, -0.1) is 0 Å². The SMILES string of the molecule is CC(C)C1(C)CC(OC(=O)c2ccc(-c3ccc(C(=O)OC4CC(C)(C)N(O)C(C)(C(C)C)C4)cc3)cc2)CC(C)(C)N1O. The number of carbonyl (C=O) groups excluding carboxylic acids is 2. The molecular weight excluding hydrogens is 556 g/mol. The Labute approximate surface area is 263 Å². The minimum absolute atomic E-state index is 0.174. The van der Waals surface area contributed by atoms with Crippen molar-refractivity contribution in [2.45, 2.75) is 129 Å². The number of hydrogen-bond acceptors (Lipinski definition) is 8. The number of nitrogens with zero attached hydrogens (tertiary/aromatic N) is 2. The summed E-state index contributed by atoms with van der Waals surface area (Å²) < 4.78 is 11.9. The van der Waals surface area contributed by atoms with Crippen molar-refractivity contribution in [2.24, 2.45) is 11.8 Å². The van der Waals surface area contributed by atoms with E-state index in [4.69, 9.17) is 9.47 Å². The van der Waals surface area contributed by atoms with Crippen molar-refractivity contribution in [3.05, 3.63) is 59.7 Å². The quantitative estimate of drug-likeness (QED) is 0.308. The van der Waals surface area contributed by atoms with Crippen molar-refractivity contribution in [1.29, 1.82) is 0 Å². The summed E-state index contributed by atoms with van der Waals surface area (Å²) in [5.74, 6) is -0.408. The molecule has 2 aliphatic rings. The molecule has 44 heavy (non-hydrogen) atoms. The third-order valence-electron chi connectivity index (χ3n) is 10.5. The van der Waals surface area contributed by atoms with E-state index in [2.05, 4.69) is 27.7 Å². The monoisotopic (exact) mass is 608 g/mol. The molecule has 2 aliphatic heterocycles. The second-order valence-corrected chi connectivity index (χ2v) is 15.3. The lowest BCUT2D eigenvalue weighted by molar-refractivity contribution is -0.273. The largest absolute Gasteiger partial charge is 0.459 e. The van der Waals surface area contributed by atoms with Gasteiger partial charge in [0.2, 0.25) is 0 Å². The number of hydrogen-bond donors (Lipinski definition) is 2. The maximum Gasteiger partial charge on any atom is 0.338 e. The van der Waals surface area contributed by atoms with Crippen molar-refractivity contribution in [2.75, 3.05) is 0 Å². The predicted octanol–water partition coefficient (Wildman–Crippen LogP) is 7.76. The maximum atomic E-state index is 13.1. The van der Waals surface area contributed by atoms with Gasteiger partial charge in [-0.3, -0.25) is 0 Å². The summed E-state index contributed by atoms with van der Waals surface area (Å²) in [5.41, 5.74) is 0.709. The van der Waals surface area contributed by atoms with Crippen LogP contribution in [0.2, 0.25) is 0 Å². The van der Waals surface area contributed by atoms with Crippen LogP contribution in [0.15, 0.2) is 48.5 Å². The molecule has 242 valence electrons. The highest BCUT2D eigenvalue weighted by atomic mass is 16.6. The van der Waals surface area contributed by atoms with Gasteiger partial charge >= 0.3 is 11.9 Å². The van der Waals surface area contributed by atoms with Crippen LogP contribution in [0.3, 0.4) is 0 Å². The van der Waals surface area contributed by atoms with Crippen molar-refractivity contribution in [3.63, 3.8) is 0 Å². The van der Waals surface area contributed by atoms with E-state index < -0.39 is 22.2 Å². The summed E-state index contributed by atoms with van der Waals surface area (Å²) in [6, 6.07) is 14.5. The molecule has 4 atom stereocenters. The van der Waals surface area contributed by atoms with Gasteiger partial charge in [0.15, 0.2) is 0 Å². The molecule has 2 N–H and O–H groups in total. The Bertz CT molecular complexity index is 1230. The molecular formula is C36H52N2O6. The Morgan fingerprint density at radius 3 is 1.18 bits per heavy atom. The fourth-order valence-electron chi connectivity index (χ4n) is 7.07. The Morgan fingerprint density at radius 2 is 0.909 bits per heavy atom. The number of rotatable bonds is 7. The van der Waals surface area contributed by atoms with E-state index in [-0.39, 0.29) is 36.0 Å². The van der Waals surface area contributed by atoms with Crippen molar-refractivity contribution in [3.8, 4) is 11.1 Å². The number of carbonyl (C=O) groups is 2. The zero-order valence-electron chi connectivity index (χ0n) is 28.2. The van der Waals surface area contributed by atoms with Crippen molar-refractivity contribution < 1.29 is 29.5 Å². The number of hydroxylamine groups is 4. The molecule has 4 rings (SSSR count). The van der Waals surface area contributed by atoms with Gasteiger partial charge in [-0.2, -0.15) is 10.1 Å². The minimum atomic E-state index is -0.521. The minimum Gasteiger partial charge on any atom is -0.459 e. The molecule has 0 spiro atoms. The third-order valence-corrected chi connectivity index (χ3v) is 10.5. The first kappa shape index (κ1) is 34.1. The lowest BCUT2D eigenvalue weighted by Crippen LogP contribution is -2.64. The van der Waals surface area contributed by atoms with Crippen LogP contribution in [0.4, 0.5) is 0 Å². The summed E-state index contributed by atoms with van der Waals surface area (Å²) in [5, 5.41) is 24.6. The highest BCUT2D eigenvalue weighted by Crippen LogP contribution is 2.43. The lowest BCUT2D eigenvalue weighted by atomic mass is 9.73. The smallest absolute Gasteiger partial charge is 0.338 e. The normalized spacial score (nSPS) is 29.0. The molecule has 0 radical (unpaired) electrons. The van der Waals surface area contributed by atoms with E-state index in [1.807, 2.05) is 65.8 Å². The molecule has 8 nitrogen and oxygen atoms in total. The van der Waals surface area contributed by atoms with Gasteiger partial charge in [0.25, 0.3) is 0 Å². The molecule has 0 saturated carbocycles. The second kappa shape index (κ2) is 12.2. The average Bonchev–Trinajstić information content (AvgIpc) is 2.94. The van der Waals surface area contributed by atoms with Gasteiger partial charge in [0.05, 0.1) is 11.1 Å². The molecule has 8 heteroatoms. The number of piperidine rings is 2. The summed E-state index contributed by atoms with van der Waals surface area (Å²) >= 11 is 0. The van der Waals surface area contributed by atoms with E-state index in [0.717, 1.165) is 11.1 Å². The first-order chi connectivity index (χ1) is 20.3. The molecule has 0 aromatic heterocycles. The third kappa shape index (κ3) is 6.59. The molecule has 0 aliphatic carbocycles. The van der Waals surface area contributed by atoms with Gasteiger partial charge in [-0.05, 0) is 88.8 Å². The number of ether oxygens (including phenoxy) is 2. The van der Waals surface area contributed by atoms with E-state index in [1.54, 1.807) is 24.3 Å². The van der Waals surface area contributed by atoms with Gasteiger partial charge in [0, 0.05) is 47.8 Å². The van der Waals surface area contributed by atoms with Gasteiger partial charge in [0.1, 0.15) is 12.2 Å². The molecule has 0 bridgehead atoms. The van der Waals surface area contributed by atoms with Crippen LogP contribution in [0.25, 0.3) is 11.1 Å². The van der Waals surface area contributed by atoms with Crippen LogP contribution in [0.1, 0.15) is 116 Å². The van der Waals surface area contributed by atoms with Crippen molar-refractivity contribution >= 4 is 11.9 Å². The molecule has 2 heterocycles. The summed E-state index contributed by atoms with van der Waals surface area (Å²) in [6.45, 7) is 20.2. The fourth-order valence-corrected chi connectivity index (χ4v) is 7.07. The van der Waals surface area contributed by atoms with E-state index >= 15 is 0 Å². The average molecular weight is 609 g/mol. The maximum absolute atomic E-state index is 13.1. The van der Waals surface area contributed by atoms with Crippen LogP contribution in [-0.2, 0) is 9.47 Å². The molecule has 0 amide bonds. The number of benzene rings is 2. The molecule has 4 unspecified atom stereocenters. The van der Waals surface area contributed by atoms with Gasteiger partial charge in [-0.25, -0.2) is 9.59 Å². The zero-order chi connectivity index (χ0) is 32.8. The molecule has 2 fully saturated rings. The highest BCUT2D eigenvalue weighted by molar-refractivity contribution is 5.91. The fraction of sp³-hybridized carbons (Fsp3) is 0.611. The second-order valence-electron chi connectivity index (χ2n) is 15.3. The Balaban J connectivity index is 1.40. The molecule has 2 aromatic carbocycles. The van der Waals surface area contributed by atoms with Crippen LogP contribution in [0.5, 0.6) is 0 Å². The predicted molar refractivity (Wildman–Crippen MR) is 171 cm³/mol. The standard InChI is InChI=1S/C36H52N2O6/c1-23(2)35(9)21-29(19-33(5,6)37(35)41)43-31(39)27-15-11-25(12-16-27)26-13-17-28(18-14-26)32(40)44-30-20-34(7,8)38(42)36(10,22-30)24(3)4/h11-18,23-24,29-30,41-42H,19-22H2,1-10H3. The van der Waals surface area contributed by atoms with E-state index in [0.29, 0.717) is 36.8 Å². The Morgan fingerprint density at radius 1 is 0.614 bits per heavy atom. The van der Waals surface area contributed by atoms with Crippen LogP contribution >= 0.6 is 0 Å².